The first kappa shape index (κ1) is 28.6. The van der Waals surface area contributed by atoms with Crippen molar-refractivity contribution in [3.05, 3.63) is 144 Å². The molecule has 4 aromatic carbocycles. The Balaban J connectivity index is 1.41. The van der Waals surface area contributed by atoms with Gasteiger partial charge in [0.2, 0.25) is 0 Å². The van der Waals surface area contributed by atoms with Gasteiger partial charge in [0.15, 0.2) is 0 Å². The Hall–Kier alpha value is -2.97. The van der Waals surface area contributed by atoms with Crippen LogP contribution in [0.15, 0.2) is 121 Å². The first-order valence-electron chi connectivity index (χ1n) is 13.7. The zero-order valence-corrected chi connectivity index (χ0v) is 23.3. The van der Waals surface area contributed by atoms with E-state index < -0.39 is 24.4 Å². The topological polar surface area (TPSA) is 57.2 Å². The second kappa shape index (κ2) is 15.1. The predicted octanol–water partition coefficient (Wildman–Crippen LogP) is 6.39. The van der Waals surface area contributed by atoms with Gasteiger partial charge in [-0.2, -0.15) is 0 Å². The molecule has 0 bridgehead atoms. The first-order chi connectivity index (χ1) is 19.8. The fourth-order valence-electron chi connectivity index (χ4n) is 4.78. The molecule has 5 nitrogen and oxygen atoms in total. The van der Waals surface area contributed by atoms with Crippen molar-refractivity contribution in [2.45, 2.75) is 55.4 Å². The maximum absolute atomic E-state index is 10.4. The van der Waals surface area contributed by atoms with Crippen LogP contribution < -0.4 is 0 Å². The quantitative estimate of drug-likeness (QED) is 0.206. The molecule has 1 aliphatic rings. The number of thioether (sulfide) groups is 1. The van der Waals surface area contributed by atoms with Gasteiger partial charge in [0.05, 0.1) is 26.4 Å². The zero-order chi connectivity index (χ0) is 27.4. The standard InChI is InChI=1S/C34H36O5S/c35-21-30-31(36-22-26-13-5-1-6-14-26)32(37-23-27-15-7-2-8-16-27)33(38-24-28-17-9-3-10-18-28)34(39-30)40-25-29-19-11-4-12-20-29/h1-20,30-35H,21-25H2/t30-,31+,32+,33-,34+/m1/s1. The third-order valence-corrected chi connectivity index (χ3v) is 8.09. The Morgan fingerprint density at radius 2 is 0.925 bits per heavy atom. The third kappa shape index (κ3) is 8.04. The minimum Gasteiger partial charge on any atom is -0.394 e. The molecule has 5 atom stereocenters. The molecule has 0 aliphatic carbocycles. The Morgan fingerprint density at radius 1 is 0.525 bits per heavy atom. The van der Waals surface area contributed by atoms with Crippen molar-refractivity contribution in [2.75, 3.05) is 6.61 Å². The highest BCUT2D eigenvalue weighted by Gasteiger charge is 2.48. The summed E-state index contributed by atoms with van der Waals surface area (Å²) in [5.41, 5.74) is 4.01. The number of rotatable bonds is 13. The minimum absolute atomic E-state index is 0.182. The molecule has 0 saturated carbocycles. The highest BCUT2D eigenvalue weighted by molar-refractivity contribution is 7.99. The van der Waals surface area contributed by atoms with E-state index in [0.29, 0.717) is 19.8 Å². The van der Waals surface area contributed by atoms with Crippen LogP contribution in [-0.4, -0.2) is 41.6 Å². The lowest BCUT2D eigenvalue weighted by atomic mass is 9.99. The molecule has 1 N–H and O–H groups in total. The summed E-state index contributed by atoms with van der Waals surface area (Å²) in [6, 6.07) is 40.5. The van der Waals surface area contributed by atoms with E-state index in [2.05, 4.69) is 24.3 Å². The van der Waals surface area contributed by atoms with Gasteiger partial charge >= 0.3 is 0 Å². The Labute approximate surface area is 241 Å². The average Bonchev–Trinajstić information content (AvgIpc) is 3.03. The van der Waals surface area contributed by atoms with Gasteiger partial charge in [0, 0.05) is 5.75 Å². The summed E-state index contributed by atoms with van der Waals surface area (Å²) in [4.78, 5) is 0. The fraction of sp³-hybridized carbons (Fsp3) is 0.294. The van der Waals surface area contributed by atoms with E-state index in [-0.39, 0.29) is 12.0 Å². The molecule has 0 aromatic heterocycles. The second-order valence-corrected chi connectivity index (χ2v) is 10.9. The van der Waals surface area contributed by atoms with E-state index >= 15 is 0 Å². The van der Waals surface area contributed by atoms with Crippen molar-refractivity contribution in [1.29, 1.82) is 0 Å². The van der Waals surface area contributed by atoms with Gasteiger partial charge in [-0.1, -0.05) is 121 Å². The van der Waals surface area contributed by atoms with Gasteiger partial charge in [-0.25, -0.2) is 0 Å². The lowest BCUT2D eigenvalue weighted by Crippen LogP contribution is -2.60. The van der Waals surface area contributed by atoms with Gasteiger partial charge in [-0.3, -0.25) is 0 Å². The van der Waals surface area contributed by atoms with Crippen LogP contribution >= 0.6 is 11.8 Å². The van der Waals surface area contributed by atoms with Crippen molar-refractivity contribution in [1.82, 2.24) is 0 Å². The van der Waals surface area contributed by atoms with E-state index in [9.17, 15) is 5.11 Å². The van der Waals surface area contributed by atoms with E-state index in [1.54, 1.807) is 11.8 Å². The molecule has 0 unspecified atom stereocenters. The summed E-state index contributed by atoms with van der Waals surface area (Å²) in [6.45, 7) is 1.01. The molecule has 1 fully saturated rings. The van der Waals surface area contributed by atoms with Crippen LogP contribution in [-0.2, 0) is 44.5 Å². The van der Waals surface area contributed by atoms with Crippen molar-refractivity contribution in [3.63, 3.8) is 0 Å². The van der Waals surface area contributed by atoms with Gasteiger partial charge < -0.3 is 24.1 Å². The van der Waals surface area contributed by atoms with Crippen LogP contribution in [0.1, 0.15) is 22.3 Å². The predicted molar refractivity (Wildman–Crippen MR) is 159 cm³/mol. The lowest BCUT2D eigenvalue weighted by Gasteiger charge is -2.45. The molecular formula is C34H36O5S. The summed E-state index contributed by atoms with van der Waals surface area (Å²) in [5, 5.41) is 10.4. The van der Waals surface area contributed by atoms with E-state index in [1.165, 1.54) is 5.56 Å². The number of aliphatic hydroxyl groups excluding tert-OH is 1. The molecule has 0 radical (unpaired) electrons. The third-order valence-electron chi connectivity index (χ3n) is 6.88. The largest absolute Gasteiger partial charge is 0.394 e. The summed E-state index contributed by atoms with van der Waals surface area (Å²) in [5.74, 6) is 0.746. The smallest absolute Gasteiger partial charge is 0.133 e. The Bertz CT molecular complexity index is 1240. The summed E-state index contributed by atoms with van der Waals surface area (Å²) < 4.78 is 26.2. The van der Waals surface area contributed by atoms with E-state index in [1.807, 2.05) is 97.1 Å². The van der Waals surface area contributed by atoms with Crippen LogP contribution in [0.2, 0.25) is 0 Å². The molecule has 1 saturated heterocycles. The Morgan fingerprint density at radius 3 is 1.38 bits per heavy atom. The summed E-state index contributed by atoms with van der Waals surface area (Å²) >= 11 is 1.66. The minimum atomic E-state index is -0.561. The molecule has 1 aliphatic heterocycles. The maximum atomic E-state index is 10.4. The zero-order valence-electron chi connectivity index (χ0n) is 22.5. The van der Waals surface area contributed by atoms with Crippen LogP contribution in [0.5, 0.6) is 0 Å². The van der Waals surface area contributed by atoms with Crippen LogP contribution in [0.3, 0.4) is 0 Å². The average molecular weight is 557 g/mol. The second-order valence-electron chi connectivity index (χ2n) is 9.81. The van der Waals surface area contributed by atoms with Crippen molar-refractivity contribution >= 4 is 11.8 Å². The highest BCUT2D eigenvalue weighted by atomic mass is 32.2. The van der Waals surface area contributed by atoms with E-state index in [0.717, 1.165) is 22.4 Å². The molecule has 5 rings (SSSR count). The summed E-state index contributed by atoms with van der Waals surface area (Å²) in [7, 11) is 0. The first-order valence-corrected chi connectivity index (χ1v) is 14.7. The summed E-state index contributed by atoms with van der Waals surface area (Å²) in [6.07, 6.45) is -1.98. The van der Waals surface area contributed by atoms with Crippen molar-refractivity contribution < 1.29 is 24.1 Å². The molecule has 4 aromatic rings. The molecule has 0 amide bonds. The number of benzene rings is 4. The fourth-order valence-corrected chi connectivity index (χ4v) is 5.97. The molecular weight excluding hydrogens is 520 g/mol. The molecule has 208 valence electrons. The normalized spacial score (nSPS) is 22.7. The molecule has 6 heteroatoms. The van der Waals surface area contributed by atoms with E-state index in [4.69, 9.17) is 18.9 Å². The monoisotopic (exact) mass is 556 g/mol. The van der Waals surface area contributed by atoms with Gasteiger partial charge in [0.25, 0.3) is 0 Å². The highest BCUT2D eigenvalue weighted by Crippen LogP contribution is 2.36. The number of aliphatic hydroxyl groups is 1. The van der Waals surface area contributed by atoms with Crippen molar-refractivity contribution in [3.8, 4) is 0 Å². The SMILES string of the molecule is OC[C@H]1O[C@@H](SCc2ccccc2)[C@H](OCc2ccccc2)[C@@H](OCc2ccccc2)[C@H]1OCc1ccccc1. The molecule has 1 heterocycles. The number of hydrogen-bond acceptors (Lipinski definition) is 6. The van der Waals surface area contributed by atoms with Crippen molar-refractivity contribution in [2.24, 2.45) is 0 Å². The van der Waals surface area contributed by atoms with Gasteiger partial charge in [0.1, 0.15) is 29.9 Å². The van der Waals surface area contributed by atoms with Gasteiger partial charge in [-0.05, 0) is 22.3 Å². The van der Waals surface area contributed by atoms with Gasteiger partial charge in [-0.15, -0.1) is 11.8 Å². The van der Waals surface area contributed by atoms with Crippen LogP contribution in [0.4, 0.5) is 0 Å². The number of ether oxygens (including phenoxy) is 4. The number of hydrogen-bond donors (Lipinski definition) is 1. The molecule has 0 spiro atoms. The molecule has 40 heavy (non-hydrogen) atoms. The maximum Gasteiger partial charge on any atom is 0.133 e. The lowest BCUT2D eigenvalue weighted by molar-refractivity contribution is -0.251. The van der Waals surface area contributed by atoms with Crippen LogP contribution in [0, 0.1) is 0 Å². The van der Waals surface area contributed by atoms with Crippen LogP contribution in [0.25, 0.3) is 0 Å². The Kier molecular flexibility index (Phi) is 10.8.